The number of carbonyl (C=O) groups excluding carboxylic acids is 1. The summed E-state index contributed by atoms with van der Waals surface area (Å²) in [5.41, 5.74) is 1.28. The molecule has 3 heterocycles. The third-order valence-corrected chi connectivity index (χ3v) is 4.10. The van der Waals surface area contributed by atoms with E-state index in [2.05, 4.69) is 10.3 Å². The average Bonchev–Trinajstić information content (AvgIpc) is 3.24. The number of likely N-dealkylation sites (tertiary alicyclic amines) is 1. The molecule has 1 amide bonds. The van der Waals surface area contributed by atoms with Crippen LogP contribution in [0.3, 0.4) is 0 Å². The van der Waals surface area contributed by atoms with Crippen molar-refractivity contribution in [1.82, 2.24) is 15.2 Å². The Hall–Kier alpha value is -2.11. The van der Waals surface area contributed by atoms with E-state index in [-0.39, 0.29) is 17.9 Å². The van der Waals surface area contributed by atoms with E-state index in [4.69, 9.17) is 9.05 Å². The van der Waals surface area contributed by atoms with Crippen molar-refractivity contribution >= 4 is 5.91 Å². The molecule has 1 fully saturated rings. The fraction of sp³-hybridized carbons (Fsp3) is 0.562. The van der Waals surface area contributed by atoms with E-state index >= 15 is 0 Å². The molecule has 0 saturated carbocycles. The minimum Gasteiger partial charge on any atom is -0.360 e. The van der Waals surface area contributed by atoms with Gasteiger partial charge in [-0.25, -0.2) is 0 Å². The second kappa shape index (κ2) is 5.94. The number of hydrogen-bond donors (Lipinski definition) is 0. The fourth-order valence-corrected chi connectivity index (χ4v) is 2.77. The van der Waals surface area contributed by atoms with Crippen molar-refractivity contribution in [2.24, 2.45) is 0 Å². The Bertz CT molecular complexity index is 659. The molecule has 2 aromatic heterocycles. The topological polar surface area (TPSA) is 72.4 Å². The van der Waals surface area contributed by atoms with Crippen LogP contribution >= 0.6 is 0 Å². The van der Waals surface area contributed by atoms with E-state index < -0.39 is 0 Å². The molecule has 2 aromatic rings. The molecular formula is C16H21N3O3. The van der Waals surface area contributed by atoms with Gasteiger partial charge in [-0.1, -0.05) is 31.1 Å². The first-order valence-corrected chi connectivity index (χ1v) is 7.83. The highest BCUT2D eigenvalue weighted by Gasteiger charge is 2.34. The molecule has 0 N–H and O–H groups in total. The molecule has 0 aromatic carbocycles. The van der Waals surface area contributed by atoms with Gasteiger partial charge in [-0.3, -0.25) is 4.79 Å². The fourth-order valence-electron chi connectivity index (χ4n) is 2.77. The van der Waals surface area contributed by atoms with E-state index in [1.807, 2.05) is 31.7 Å². The van der Waals surface area contributed by atoms with E-state index in [0.29, 0.717) is 12.2 Å². The van der Waals surface area contributed by atoms with Crippen molar-refractivity contribution in [2.75, 3.05) is 6.54 Å². The first-order valence-electron chi connectivity index (χ1n) is 7.83. The average molecular weight is 303 g/mol. The third kappa shape index (κ3) is 2.65. The monoisotopic (exact) mass is 303 g/mol. The summed E-state index contributed by atoms with van der Waals surface area (Å²) in [6.45, 7) is 6.75. The van der Waals surface area contributed by atoms with Gasteiger partial charge >= 0.3 is 0 Å². The maximum absolute atomic E-state index is 12.7. The molecule has 6 nitrogen and oxygen atoms in total. The Labute approximate surface area is 129 Å². The third-order valence-electron chi connectivity index (χ3n) is 4.10. The molecule has 1 saturated heterocycles. The van der Waals surface area contributed by atoms with E-state index in [0.717, 1.165) is 36.5 Å². The number of amides is 1. The summed E-state index contributed by atoms with van der Waals surface area (Å²) < 4.78 is 10.6. The van der Waals surface area contributed by atoms with Gasteiger partial charge in [0.05, 0.1) is 11.7 Å². The van der Waals surface area contributed by atoms with Gasteiger partial charge in [-0.2, -0.15) is 0 Å². The van der Waals surface area contributed by atoms with Gasteiger partial charge in [0.1, 0.15) is 5.76 Å². The van der Waals surface area contributed by atoms with Crippen LogP contribution < -0.4 is 0 Å². The number of carbonyl (C=O) groups is 1. The summed E-state index contributed by atoms with van der Waals surface area (Å²) in [6.07, 6.45) is 2.66. The Balaban J connectivity index is 1.81. The lowest BCUT2D eigenvalue weighted by Crippen LogP contribution is -2.30. The molecule has 0 aliphatic carbocycles. The van der Waals surface area contributed by atoms with Gasteiger partial charge in [-0.15, -0.1) is 0 Å². The van der Waals surface area contributed by atoms with Crippen LogP contribution in [0.15, 0.2) is 21.2 Å². The first kappa shape index (κ1) is 14.8. The first-order chi connectivity index (χ1) is 10.6. The van der Waals surface area contributed by atoms with E-state index in [1.54, 1.807) is 6.07 Å². The Morgan fingerprint density at radius 1 is 1.36 bits per heavy atom. The highest BCUT2D eigenvalue weighted by molar-refractivity contribution is 5.92. The Morgan fingerprint density at radius 3 is 2.82 bits per heavy atom. The zero-order valence-electron chi connectivity index (χ0n) is 13.2. The van der Waals surface area contributed by atoms with Gasteiger partial charge in [-0.05, 0) is 19.3 Å². The predicted molar refractivity (Wildman–Crippen MR) is 79.5 cm³/mol. The highest BCUT2D eigenvalue weighted by Crippen LogP contribution is 2.33. The molecule has 3 rings (SSSR count). The van der Waals surface area contributed by atoms with Crippen LogP contribution in [-0.4, -0.2) is 27.7 Å². The smallest absolute Gasteiger partial charge is 0.276 e. The minimum atomic E-state index is -0.104. The molecule has 6 heteroatoms. The molecule has 0 radical (unpaired) electrons. The SMILES string of the molecule is CCc1cc([C@H]2CCCN2C(=O)c2cc(C(C)C)on2)on1. The summed E-state index contributed by atoms with van der Waals surface area (Å²) in [6, 6.07) is 3.62. The molecule has 22 heavy (non-hydrogen) atoms. The van der Waals surface area contributed by atoms with Crippen molar-refractivity contribution in [3.8, 4) is 0 Å². The van der Waals surface area contributed by atoms with Crippen LogP contribution in [0.5, 0.6) is 0 Å². The van der Waals surface area contributed by atoms with Crippen LogP contribution in [0.4, 0.5) is 0 Å². The maximum atomic E-state index is 12.7. The number of rotatable bonds is 4. The standard InChI is InChI=1S/C16H21N3O3/c1-4-11-8-15(22-17-11)13-6-5-7-19(13)16(20)12-9-14(10(2)3)21-18-12/h8-10,13H,4-7H2,1-3H3/t13-/m1/s1. The molecule has 0 unspecified atom stereocenters. The Morgan fingerprint density at radius 2 is 2.18 bits per heavy atom. The molecule has 1 atom stereocenters. The van der Waals surface area contributed by atoms with Crippen LogP contribution in [-0.2, 0) is 6.42 Å². The number of aromatic nitrogens is 2. The molecule has 0 spiro atoms. The summed E-state index contributed by atoms with van der Waals surface area (Å²) in [7, 11) is 0. The number of aryl methyl sites for hydroxylation is 1. The molecule has 118 valence electrons. The summed E-state index contributed by atoms with van der Waals surface area (Å²) >= 11 is 0. The van der Waals surface area contributed by atoms with Crippen molar-refractivity contribution in [2.45, 2.75) is 52.0 Å². The summed E-state index contributed by atoms with van der Waals surface area (Å²) in [5, 5.41) is 7.94. The summed E-state index contributed by atoms with van der Waals surface area (Å²) in [5.74, 6) is 1.60. The lowest BCUT2D eigenvalue weighted by Gasteiger charge is -2.21. The van der Waals surface area contributed by atoms with Gasteiger partial charge in [0, 0.05) is 24.6 Å². The quantitative estimate of drug-likeness (QED) is 0.866. The molecule has 0 bridgehead atoms. The van der Waals surface area contributed by atoms with Crippen molar-refractivity contribution in [3.63, 3.8) is 0 Å². The summed E-state index contributed by atoms with van der Waals surface area (Å²) in [4.78, 5) is 14.5. The lowest BCUT2D eigenvalue weighted by molar-refractivity contribution is 0.0704. The normalized spacial score (nSPS) is 18.4. The zero-order chi connectivity index (χ0) is 15.7. The van der Waals surface area contributed by atoms with E-state index in [9.17, 15) is 4.79 Å². The van der Waals surface area contributed by atoms with Gasteiger partial charge in [0.2, 0.25) is 0 Å². The van der Waals surface area contributed by atoms with Gasteiger partial charge < -0.3 is 13.9 Å². The van der Waals surface area contributed by atoms with Crippen LogP contribution in [0.2, 0.25) is 0 Å². The second-order valence-electron chi connectivity index (χ2n) is 6.00. The maximum Gasteiger partial charge on any atom is 0.276 e. The predicted octanol–water partition coefficient (Wildman–Crippen LogP) is 3.33. The van der Waals surface area contributed by atoms with Crippen LogP contribution in [0.1, 0.15) is 73.3 Å². The zero-order valence-corrected chi connectivity index (χ0v) is 13.2. The lowest BCUT2D eigenvalue weighted by atomic mass is 10.1. The van der Waals surface area contributed by atoms with Crippen molar-refractivity contribution in [1.29, 1.82) is 0 Å². The van der Waals surface area contributed by atoms with Gasteiger partial charge in [0.25, 0.3) is 5.91 Å². The van der Waals surface area contributed by atoms with Crippen molar-refractivity contribution < 1.29 is 13.8 Å². The molecular weight excluding hydrogens is 282 g/mol. The number of hydrogen-bond acceptors (Lipinski definition) is 5. The minimum absolute atomic E-state index is 0.0560. The van der Waals surface area contributed by atoms with E-state index in [1.165, 1.54) is 0 Å². The largest absolute Gasteiger partial charge is 0.360 e. The van der Waals surface area contributed by atoms with Crippen molar-refractivity contribution in [3.05, 3.63) is 35.0 Å². The van der Waals surface area contributed by atoms with Crippen LogP contribution in [0, 0.1) is 0 Å². The van der Waals surface area contributed by atoms with Gasteiger partial charge in [0.15, 0.2) is 11.5 Å². The molecule has 1 aliphatic heterocycles. The number of nitrogens with zero attached hydrogens (tertiary/aromatic N) is 3. The Kier molecular flexibility index (Phi) is 4.00. The molecule has 1 aliphatic rings. The van der Waals surface area contributed by atoms with Crippen LogP contribution in [0.25, 0.3) is 0 Å². The second-order valence-corrected chi connectivity index (χ2v) is 6.00. The highest BCUT2D eigenvalue weighted by atomic mass is 16.5.